The van der Waals surface area contributed by atoms with Gasteiger partial charge in [0.05, 0.1) is 41.9 Å². The van der Waals surface area contributed by atoms with Crippen LogP contribution in [0.5, 0.6) is 0 Å². The van der Waals surface area contributed by atoms with Crippen molar-refractivity contribution < 1.29 is 0 Å². The van der Waals surface area contributed by atoms with Gasteiger partial charge in [-0.25, -0.2) is 14.6 Å². The molecule has 4 aromatic heterocycles. The molecule has 10 nitrogen and oxygen atoms in total. The van der Waals surface area contributed by atoms with Crippen LogP contribution in [0.2, 0.25) is 0 Å². The van der Waals surface area contributed by atoms with E-state index in [9.17, 15) is 0 Å². The van der Waals surface area contributed by atoms with E-state index in [2.05, 4.69) is 30.5 Å². The average Bonchev–Trinajstić information content (AvgIpc) is 3.29. The maximum absolute atomic E-state index is 5.52. The number of hydrogen-bond donors (Lipinski definition) is 2. The lowest BCUT2D eigenvalue weighted by molar-refractivity contribution is 0.742. The SMILES string of the molecule is Cc1nc(N)ccc1-n1ccnn1.Cc1nc(N)ccc1-n1nccn1. The van der Waals surface area contributed by atoms with Crippen molar-refractivity contribution in [3.63, 3.8) is 0 Å². The summed E-state index contributed by atoms with van der Waals surface area (Å²) < 4.78 is 1.65. The first-order valence-electron chi connectivity index (χ1n) is 7.74. The maximum atomic E-state index is 5.52. The van der Waals surface area contributed by atoms with E-state index >= 15 is 0 Å². The lowest BCUT2D eigenvalue weighted by atomic mass is 10.3. The Bertz CT molecular complexity index is 895. The first kappa shape index (κ1) is 17.0. The molecule has 0 saturated carbocycles. The highest BCUT2D eigenvalue weighted by molar-refractivity contribution is 5.42. The van der Waals surface area contributed by atoms with Gasteiger partial charge in [0.15, 0.2) is 0 Å². The van der Waals surface area contributed by atoms with Gasteiger partial charge in [0.25, 0.3) is 0 Å². The summed E-state index contributed by atoms with van der Waals surface area (Å²) in [7, 11) is 0. The van der Waals surface area contributed by atoms with Crippen LogP contribution < -0.4 is 11.5 Å². The molecule has 0 aliphatic rings. The van der Waals surface area contributed by atoms with E-state index in [1.54, 1.807) is 41.6 Å². The van der Waals surface area contributed by atoms with E-state index in [1.165, 1.54) is 4.80 Å². The molecule has 0 amide bonds. The van der Waals surface area contributed by atoms with Crippen LogP contribution in [-0.2, 0) is 0 Å². The molecule has 4 aromatic rings. The molecule has 4 N–H and O–H groups in total. The normalized spacial score (nSPS) is 10.2. The minimum atomic E-state index is 0.508. The van der Waals surface area contributed by atoms with Gasteiger partial charge < -0.3 is 11.5 Å². The Kier molecular flexibility index (Phi) is 4.83. The van der Waals surface area contributed by atoms with Crippen LogP contribution in [0, 0.1) is 13.8 Å². The number of nitrogen functional groups attached to an aromatic ring is 2. The first-order valence-corrected chi connectivity index (χ1v) is 7.74. The summed E-state index contributed by atoms with van der Waals surface area (Å²) in [5.74, 6) is 1.02. The molecule has 4 heterocycles. The Labute approximate surface area is 149 Å². The Morgan fingerprint density at radius 3 is 1.85 bits per heavy atom. The number of nitrogens with zero attached hydrogens (tertiary/aromatic N) is 8. The second-order valence-electron chi connectivity index (χ2n) is 5.35. The fourth-order valence-electron chi connectivity index (χ4n) is 2.28. The van der Waals surface area contributed by atoms with E-state index in [-0.39, 0.29) is 0 Å². The summed E-state index contributed by atoms with van der Waals surface area (Å²) in [5, 5.41) is 15.6. The molecule has 0 aliphatic heterocycles. The van der Waals surface area contributed by atoms with Crippen molar-refractivity contribution in [1.82, 2.24) is 40.0 Å². The molecular weight excluding hydrogens is 332 g/mol. The van der Waals surface area contributed by atoms with Crippen LogP contribution in [0.25, 0.3) is 11.4 Å². The summed E-state index contributed by atoms with van der Waals surface area (Å²) in [6.45, 7) is 3.75. The molecule has 0 radical (unpaired) electrons. The zero-order valence-electron chi connectivity index (χ0n) is 14.4. The lowest BCUT2D eigenvalue weighted by Crippen LogP contribution is -2.03. The van der Waals surface area contributed by atoms with Gasteiger partial charge in [-0.05, 0) is 38.1 Å². The fourth-order valence-corrected chi connectivity index (χ4v) is 2.28. The quantitative estimate of drug-likeness (QED) is 0.548. The number of rotatable bonds is 2. The van der Waals surface area contributed by atoms with Crippen LogP contribution in [0.3, 0.4) is 0 Å². The number of pyridine rings is 2. The molecule has 0 fully saturated rings. The molecule has 4 rings (SSSR count). The standard InChI is InChI=1S/2C8H9N5/c1-6-7(2-3-8(9)11-6)13-5-4-10-12-13;1-6-7(2-3-8(9)12-6)13-10-4-5-11-13/h2-5H,1H3,(H2,9,11);2-5H,1H3,(H2,9,12). The smallest absolute Gasteiger partial charge is 0.123 e. The van der Waals surface area contributed by atoms with E-state index < -0.39 is 0 Å². The topological polar surface area (TPSA) is 139 Å². The molecule has 0 aliphatic carbocycles. The third-order valence-corrected chi connectivity index (χ3v) is 3.46. The van der Waals surface area contributed by atoms with Crippen molar-refractivity contribution in [3.8, 4) is 11.4 Å². The van der Waals surface area contributed by atoms with E-state index in [4.69, 9.17) is 11.5 Å². The number of anilines is 2. The van der Waals surface area contributed by atoms with Gasteiger partial charge in [0.1, 0.15) is 17.3 Å². The molecule has 26 heavy (non-hydrogen) atoms. The zero-order chi connectivity index (χ0) is 18.5. The number of nitrogens with two attached hydrogens (primary N) is 2. The van der Waals surface area contributed by atoms with Crippen molar-refractivity contribution >= 4 is 11.6 Å². The van der Waals surface area contributed by atoms with Crippen molar-refractivity contribution in [3.05, 3.63) is 60.4 Å². The minimum absolute atomic E-state index is 0.508. The zero-order valence-corrected chi connectivity index (χ0v) is 14.4. The van der Waals surface area contributed by atoms with Gasteiger partial charge in [0, 0.05) is 0 Å². The summed E-state index contributed by atoms with van der Waals surface area (Å²) in [4.78, 5) is 9.74. The number of aromatic nitrogens is 8. The molecule has 0 spiro atoms. The summed E-state index contributed by atoms with van der Waals surface area (Å²) in [5.41, 5.74) is 14.4. The first-order chi connectivity index (χ1) is 12.5. The molecular formula is C16H18N10. The highest BCUT2D eigenvalue weighted by atomic mass is 15.5. The average molecular weight is 350 g/mol. The molecule has 0 saturated heterocycles. The van der Waals surface area contributed by atoms with Crippen molar-refractivity contribution in [2.75, 3.05) is 11.5 Å². The number of hydrogen-bond acceptors (Lipinski definition) is 8. The highest BCUT2D eigenvalue weighted by Crippen LogP contribution is 2.11. The molecule has 0 bridgehead atoms. The van der Waals surface area contributed by atoms with Gasteiger partial charge in [-0.1, -0.05) is 5.21 Å². The van der Waals surface area contributed by atoms with Gasteiger partial charge in [-0.2, -0.15) is 10.2 Å². The largest absolute Gasteiger partial charge is 0.384 e. The minimum Gasteiger partial charge on any atom is -0.384 e. The van der Waals surface area contributed by atoms with E-state index in [1.807, 2.05) is 26.0 Å². The van der Waals surface area contributed by atoms with Crippen molar-refractivity contribution in [2.24, 2.45) is 0 Å². The summed E-state index contributed by atoms with van der Waals surface area (Å²) >= 11 is 0. The predicted octanol–water partition coefficient (Wildman–Crippen LogP) is 1.11. The Morgan fingerprint density at radius 1 is 0.769 bits per heavy atom. The van der Waals surface area contributed by atoms with Crippen molar-refractivity contribution in [2.45, 2.75) is 13.8 Å². The highest BCUT2D eigenvalue weighted by Gasteiger charge is 2.03. The van der Waals surface area contributed by atoms with Crippen LogP contribution in [-0.4, -0.2) is 40.0 Å². The Hall–Kier alpha value is -3.82. The van der Waals surface area contributed by atoms with Gasteiger partial charge in [-0.3, -0.25) is 0 Å². The third kappa shape index (κ3) is 3.80. The summed E-state index contributed by atoms with van der Waals surface area (Å²) in [6, 6.07) is 7.18. The molecule has 132 valence electrons. The van der Waals surface area contributed by atoms with E-state index in [0.717, 1.165) is 22.8 Å². The van der Waals surface area contributed by atoms with Crippen molar-refractivity contribution in [1.29, 1.82) is 0 Å². The van der Waals surface area contributed by atoms with E-state index in [0.29, 0.717) is 11.6 Å². The predicted molar refractivity (Wildman–Crippen MR) is 96.6 cm³/mol. The van der Waals surface area contributed by atoms with Gasteiger partial charge in [-0.15, -0.1) is 9.90 Å². The second kappa shape index (κ2) is 7.38. The Morgan fingerprint density at radius 2 is 1.35 bits per heavy atom. The molecule has 0 aromatic carbocycles. The molecule has 10 heteroatoms. The van der Waals surface area contributed by atoms with Crippen LogP contribution >= 0.6 is 0 Å². The van der Waals surface area contributed by atoms with Gasteiger partial charge in [0.2, 0.25) is 0 Å². The van der Waals surface area contributed by atoms with Crippen LogP contribution in [0.4, 0.5) is 11.6 Å². The van der Waals surface area contributed by atoms with Gasteiger partial charge >= 0.3 is 0 Å². The third-order valence-electron chi connectivity index (χ3n) is 3.46. The molecule has 0 atom stereocenters. The van der Waals surface area contributed by atoms with Crippen LogP contribution in [0.15, 0.2) is 49.1 Å². The summed E-state index contributed by atoms with van der Waals surface area (Å²) in [6.07, 6.45) is 6.63. The number of aryl methyl sites for hydroxylation is 2. The molecule has 0 unspecified atom stereocenters. The lowest BCUT2D eigenvalue weighted by Gasteiger charge is -2.03. The second-order valence-corrected chi connectivity index (χ2v) is 5.35. The fraction of sp³-hybridized carbons (Fsp3) is 0.125. The monoisotopic (exact) mass is 350 g/mol. The van der Waals surface area contributed by atoms with Crippen LogP contribution in [0.1, 0.15) is 11.4 Å². The maximum Gasteiger partial charge on any atom is 0.123 e. The Balaban J connectivity index is 0.000000151.